The van der Waals surface area contributed by atoms with E-state index in [0.717, 1.165) is 12.0 Å². The number of carbonyl (C=O) groups is 2. The zero-order valence-corrected chi connectivity index (χ0v) is 19.3. The summed E-state index contributed by atoms with van der Waals surface area (Å²) in [5, 5.41) is 9.59. The number of ether oxygens (including phenoxy) is 2. The van der Waals surface area contributed by atoms with Crippen LogP contribution in [0.2, 0.25) is 0 Å². The summed E-state index contributed by atoms with van der Waals surface area (Å²) in [7, 11) is 0. The Hall–Kier alpha value is -3.17. The van der Waals surface area contributed by atoms with Gasteiger partial charge in [-0.25, -0.2) is 13.6 Å². The molecule has 33 heavy (non-hydrogen) atoms. The molecular weight excluding hydrogens is 434 g/mol. The average Bonchev–Trinajstić information content (AvgIpc) is 3.09. The molecule has 10 heteroatoms. The molecule has 180 valence electrons. The van der Waals surface area contributed by atoms with Gasteiger partial charge in [0.25, 0.3) is 12.3 Å². The molecule has 8 nitrogen and oxygen atoms in total. The summed E-state index contributed by atoms with van der Waals surface area (Å²) in [4.78, 5) is 24.6. The lowest BCUT2D eigenvalue weighted by Gasteiger charge is -2.28. The Morgan fingerprint density at radius 3 is 2.73 bits per heavy atom. The van der Waals surface area contributed by atoms with E-state index in [4.69, 9.17) is 9.47 Å². The van der Waals surface area contributed by atoms with Gasteiger partial charge >= 0.3 is 6.09 Å². The maximum Gasteiger partial charge on any atom is 0.408 e. The van der Waals surface area contributed by atoms with Crippen LogP contribution in [0.15, 0.2) is 24.3 Å². The lowest BCUT2D eigenvalue weighted by Crippen LogP contribution is -2.44. The third-order valence-corrected chi connectivity index (χ3v) is 4.87. The van der Waals surface area contributed by atoms with E-state index < -0.39 is 30.6 Å². The first-order chi connectivity index (χ1) is 15.5. The van der Waals surface area contributed by atoms with Crippen LogP contribution in [-0.2, 0) is 24.1 Å². The summed E-state index contributed by atoms with van der Waals surface area (Å²) < 4.78 is 37.9. The molecule has 0 spiro atoms. The predicted octanol–water partition coefficient (Wildman–Crippen LogP) is 4.18. The Labute approximate surface area is 191 Å². The number of alkyl carbamates (subject to hydrolysis) is 1. The van der Waals surface area contributed by atoms with Crippen LogP contribution in [0, 0.1) is 0 Å². The number of hydrogen-bond donors (Lipinski definition) is 2. The molecule has 0 unspecified atom stereocenters. The van der Waals surface area contributed by atoms with Gasteiger partial charge in [-0.2, -0.15) is 5.10 Å². The second kappa shape index (κ2) is 10.2. The molecule has 3 rings (SSSR count). The highest BCUT2D eigenvalue weighted by molar-refractivity contribution is 6.03. The second-order valence-electron chi connectivity index (χ2n) is 8.98. The van der Waals surface area contributed by atoms with Crippen LogP contribution in [0.25, 0.3) is 0 Å². The van der Waals surface area contributed by atoms with Gasteiger partial charge in [0, 0.05) is 17.4 Å². The lowest BCUT2D eigenvalue weighted by atomic mass is 10.0. The van der Waals surface area contributed by atoms with Gasteiger partial charge in [0.2, 0.25) is 0 Å². The fraction of sp³-hybridized carbons (Fsp3) is 0.522. The quantitative estimate of drug-likeness (QED) is 0.641. The Balaban J connectivity index is 1.64. The number of amides is 2. The Bertz CT molecular complexity index is 1000. The van der Waals surface area contributed by atoms with Crippen molar-refractivity contribution in [2.45, 2.75) is 71.6 Å². The van der Waals surface area contributed by atoms with E-state index in [2.05, 4.69) is 15.7 Å². The number of rotatable bonds is 7. The van der Waals surface area contributed by atoms with Crippen LogP contribution in [0.5, 0.6) is 5.75 Å². The van der Waals surface area contributed by atoms with Crippen molar-refractivity contribution in [3.05, 3.63) is 41.2 Å². The van der Waals surface area contributed by atoms with Gasteiger partial charge in [0.1, 0.15) is 24.5 Å². The Morgan fingerprint density at radius 2 is 2.06 bits per heavy atom. The van der Waals surface area contributed by atoms with Crippen LogP contribution in [0.3, 0.4) is 0 Å². The minimum Gasteiger partial charge on any atom is -0.491 e. The third-order valence-electron chi connectivity index (χ3n) is 4.87. The largest absolute Gasteiger partial charge is 0.491 e. The second-order valence-corrected chi connectivity index (χ2v) is 8.98. The van der Waals surface area contributed by atoms with E-state index in [1.54, 1.807) is 39.0 Å². The van der Waals surface area contributed by atoms with Gasteiger partial charge < -0.3 is 20.1 Å². The molecule has 2 amide bonds. The van der Waals surface area contributed by atoms with Crippen molar-refractivity contribution in [2.24, 2.45) is 0 Å². The zero-order valence-electron chi connectivity index (χ0n) is 19.3. The SMILES string of the molecule is CCCc1cc(C(=O)Nc2ccc3c(c2)OC[C@H](NC(=O)OC(C)(C)C)C3)nn1CC(F)F. The van der Waals surface area contributed by atoms with Crippen LogP contribution < -0.4 is 15.4 Å². The topological polar surface area (TPSA) is 94.5 Å². The molecule has 1 aliphatic rings. The van der Waals surface area contributed by atoms with E-state index in [0.29, 0.717) is 30.0 Å². The van der Waals surface area contributed by atoms with Gasteiger partial charge in [-0.1, -0.05) is 19.4 Å². The highest BCUT2D eigenvalue weighted by Crippen LogP contribution is 2.28. The highest BCUT2D eigenvalue weighted by atomic mass is 19.3. The standard InChI is InChI=1S/C23H30F2N4O4/c1-5-6-17-11-18(28-29(17)12-20(24)25)21(30)26-15-8-7-14-9-16(13-32-19(14)10-15)27-22(31)33-23(2,3)4/h7-8,10-11,16,20H,5-6,9,12-13H2,1-4H3,(H,26,30)(H,27,31)/t16-/m1/s1. The van der Waals surface area contributed by atoms with Crippen LogP contribution in [-0.4, -0.2) is 46.5 Å². The van der Waals surface area contributed by atoms with Crippen molar-refractivity contribution in [3.8, 4) is 5.75 Å². The summed E-state index contributed by atoms with van der Waals surface area (Å²) in [6.45, 7) is 7.03. The molecule has 0 bridgehead atoms. The highest BCUT2D eigenvalue weighted by Gasteiger charge is 2.25. The van der Waals surface area contributed by atoms with E-state index in [9.17, 15) is 18.4 Å². The van der Waals surface area contributed by atoms with Crippen molar-refractivity contribution in [1.29, 1.82) is 0 Å². The number of anilines is 1. The fourth-order valence-electron chi connectivity index (χ4n) is 3.52. The minimum atomic E-state index is -2.55. The number of nitrogens with one attached hydrogen (secondary N) is 2. The number of fused-ring (bicyclic) bond motifs is 1. The summed E-state index contributed by atoms with van der Waals surface area (Å²) in [5.74, 6) is 0.116. The smallest absolute Gasteiger partial charge is 0.408 e. The molecule has 2 N–H and O–H groups in total. The van der Waals surface area contributed by atoms with Gasteiger partial charge in [-0.05, 0) is 51.3 Å². The molecular formula is C23H30F2N4O4. The monoisotopic (exact) mass is 464 g/mol. The summed E-state index contributed by atoms with van der Waals surface area (Å²) in [6.07, 6.45) is -1.19. The molecule has 0 saturated heterocycles. The third kappa shape index (κ3) is 6.90. The van der Waals surface area contributed by atoms with Crippen molar-refractivity contribution in [1.82, 2.24) is 15.1 Å². The average molecular weight is 465 g/mol. The van der Waals surface area contributed by atoms with E-state index in [-0.39, 0.29) is 18.3 Å². The zero-order chi connectivity index (χ0) is 24.2. The number of benzene rings is 1. The van der Waals surface area contributed by atoms with E-state index >= 15 is 0 Å². The Kier molecular flexibility index (Phi) is 7.55. The maximum atomic E-state index is 12.8. The molecule has 1 aliphatic heterocycles. The number of aromatic nitrogens is 2. The van der Waals surface area contributed by atoms with Crippen LogP contribution in [0.4, 0.5) is 19.3 Å². The molecule has 2 aromatic rings. The Morgan fingerprint density at radius 1 is 1.30 bits per heavy atom. The molecule has 0 radical (unpaired) electrons. The van der Waals surface area contributed by atoms with Crippen molar-refractivity contribution in [3.63, 3.8) is 0 Å². The number of carbonyl (C=O) groups excluding carboxylic acids is 2. The summed E-state index contributed by atoms with van der Waals surface area (Å²) >= 11 is 0. The maximum absolute atomic E-state index is 12.8. The van der Waals surface area contributed by atoms with Crippen molar-refractivity contribution >= 4 is 17.7 Å². The van der Waals surface area contributed by atoms with E-state index in [1.807, 2.05) is 13.0 Å². The summed E-state index contributed by atoms with van der Waals surface area (Å²) in [5.41, 5.74) is 1.47. The molecule has 1 aromatic heterocycles. The van der Waals surface area contributed by atoms with Crippen LogP contribution >= 0.6 is 0 Å². The normalized spacial score (nSPS) is 15.5. The molecule has 0 saturated carbocycles. The molecule has 1 atom stereocenters. The van der Waals surface area contributed by atoms with Gasteiger partial charge in [-0.3, -0.25) is 9.48 Å². The number of nitrogens with zero attached hydrogens (tertiary/aromatic N) is 2. The molecule has 1 aromatic carbocycles. The van der Waals surface area contributed by atoms with Crippen LogP contribution in [0.1, 0.15) is 55.9 Å². The van der Waals surface area contributed by atoms with Gasteiger partial charge in [0.15, 0.2) is 5.69 Å². The first-order valence-electron chi connectivity index (χ1n) is 11.0. The number of alkyl halides is 2. The predicted molar refractivity (Wildman–Crippen MR) is 119 cm³/mol. The molecule has 2 heterocycles. The lowest BCUT2D eigenvalue weighted by molar-refractivity contribution is 0.0481. The fourth-order valence-corrected chi connectivity index (χ4v) is 3.52. The van der Waals surface area contributed by atoms with Crippen molar-refractivity contribution in [2.75, 3.05) is 11.9 Å². The van der Waals surface area contributed by atoms with Crippen molar-refractivity contribution < 1.29 is 27.8 Å². The van der Waals surface area contributed by atoms with Gasteiger partial charge in [-0.15, -0.1) is 0 Å². The minimum absolute atomic E-state index is 0.0827. The number of halogens is 2. The number of aryl methyl sites for hydroxylation is 1. The first kappa shape index (κ1) is 24.5. The molecule has 0 aliphatic carbocycles. The first-order valence-corrected chi connectivity index (χ1v) is 11.0. The summed E-state index contributed by atoms with van der Waals surface area (Å²) in [6, 6.07) is 6.54. The number of hydrogen-bond acceptors (Lipinski definition) is 5. The molecule has 0 fully saturated rings. The van der Waals surface area contributed by atoms with E-state index in [1.165, 1.54) is 4.68 Å². The van der Waals surface area contributed by atoms with Gasteiger partial charge in [0.05, 0.1) is 6.04 Å².